The highest BCUT2D eigenvalue weighted by Gasteiger charge is 2.23. The van der Waals surface area contributed by atoms with Crippen molar-refractivity contribution in [2.75, 3.05) is 5.32 Å². The largest absolute Gasteiger partial charge is 0.382 e. The van der Waals surface area contributed by atoms with Gasteiger partial charge in [-0.25, -0.2) is 10.4 Å². The molecule has 0 bridgehead atoms. The number of amides is 2. The van der Waals surface area contributed by atoms with E-state index in [0.29, 0.717) is 11.3 Å². The summed E-state index contributed by atoms with van der Waals surface area (Å²) >= 11 is 0. The van der Waals surface area contributed by atoms with Crippen LogP contribution in [0.2, 0.25) is 0 Å². The molecule has 0 aliphatic heterocycles. The lowest BCUT2D eigenvalue weighted by Crippen LogP contribution is -2.29. The third-order valence-electron chi connectivity index (χ3n) is 5.44. The first-order valence-corrected chi connectivity index (χ1v) is 11.4. The molecule has 4 aromatic rings. The highest BCUT2D eigenvalue weighted by atomic mass is 16.6. The molecule has 4 N–H and O–H groups in total. The van der Waals surface area contributed by atoms with Crippen LogP contribution in [0.5, 0.6) is 0 Å². The zero-order valence-corrected chi connectivity index (χ0v) is 20.0. The Kier molecular flexibility index (Phi) is 7.63. The quantitative estimate of drug-likeness (QED) is 0.158. The lowest BCUT2D eigenvalue weighted by Gasteiger charge is -2.15. The first-order chi connectivity index (χ1) is 18.2. The predicted octanol–water partition coefficient (Wildman–Crippen LogP) is 2.59. The number of rotatable bonds is 8. The van der Waals surface area contributed by atoms with E-state index in [1.807, 2.05) is 6.07 Å². The summed E-state index contributed by atoms with van der Waals surface area (Å²) in [5.41, 5.74) is 2.69. The Morgan fingerprint density at radius 3 is 2.47 bits per heavy atom. The molecule has 12 nitrogen and oxygen atoms in total. The minimum Gasteiger partial charge on any atom is -0.382 e. The summed E-state index contributed by atoms with van der Waals surface area (Å²) in [5.74, 6) is -0.761. The third kappa shape index (κ3) is 6.12. The summed E-state index contributed by atoms with van der Waals surface area (Å²) < 4.78 is 0. The molecule has 1 aromatic heterocycles. The number of aliphatic hydroxyl groups excluding tert-OH is 1. The van der Waals surface area contributed by atoms with Crippen LogP contribution < -0.4 is 16.3 Å². The van der Waals surface area contributed by atoms with Gasteiger partial charge in [-0.05, 0) is 29.3 Å². The number of nitro benzene ring substituents is 1. The Hall–Kier alpha value is -5.23. The highest BCUT2D eigenvalue weighted by Crippen LogP contribution is 2.22. The van der Waals surface area contributed by atoms with E-state index in [-0.39, 0.29) is 40.5 Å². The van der Waals surface area contributed by atoms with Gasteiger partial charge in [0.25, 0.3) is 11.2 Å². The van der Waals surface area contributed by atoms with Crippen LogP contribution in [0.15, 0.2) is 82.7 Å². The van der Waals surface area contributed by atoms with Gasteiger partial charge in [-0.2, -0.15) is 5.10 Å². The summed E-state index contributed by atoms with van der Waals surface area (Å²) in [6.45, 7) is 1.36. The van der Waals surface area contributed by atoms with E-state index in [1.165, 1.54) is 37.3 Å². The van der Waals surface area contributed by atoms with E-state index < -0.39 is 22.5 Å². The lowest BCUT2D eigenvalue weighted by molar-refractivity contribution is -0.384. The number of aliphatic hydroxyl groups is 1. The van der Waals surface area contributed by atoms with Crippen molar-refractivity contribution in [2.24, 2.45) is 5.10 Å². The van der Waals surface area contributed by atoms with Gasteiger partial charge in [0.15, 0.2) is 5.69 Å². The molecule has 192 valence electrons. The predicted molar refractivity (Wildman–Crippen MR) is 140 cm³/mol. The minimum absolute atomic E-state index is 0.00427. The second-order valence-electron chi connectivity index (χ2n) is 8.27. The molecule has 1 atom stereocenters. The number of carbonyl (C=O) groups excluding carboxylic acids is 2. The number of aromatic amines is 1. The van der Waals surface area contributed by atoms with Crippen LogP contribution in [-0.4, -0.2) is 37.5 Å². The van der Waals surface area contributed by atoms with Crippen molar-refractivity contribution in [3.8, 4) is 0 Å². The number of H-pyrrole nitrogens is 1. The highest BCUT2D eigenvalue weighted by molar-refractivity contribution is 6.04. The Balaban J connectivity index is 1.72. The standard InChI is InChI=1S/C26H22N6O6/c1-15(33)27-18-9-7-17(8-10-18)25(35)23(31-30-22(34)13-16-5-3-2-4-6-16)24-26(36)29-21-14-19(32(37)38)11-12-20(21)28-24/h2-12,14,25,35H,13H2,1H3,(H,27,33)(H,29,36)(H,30,34). The zero-order chi connectivity index (χ0) is 27.2. The van der Waals surface area contributed by atoms with Crippen molar-refractivity contribution < 1.29 is 19.6 Å². The zero-order valence-electron chi connectivity index (χ0n) is 20.0. The fourth-order valence-electron chi connectivity index (χ4n) is 3.66. The second-order valence-corrected chi connectivity index (χ2v) is 8.27. The van der Waals surface area contributed by atoms with Crippen LogP contribution in [0.3, 0.4) is 0 Å². The number of benzene rings is 3. The number of nitro groups is 1. The van der Waals surface area contributed by atoms with Gasteiger partial charge in [-0.15, -0.1) is 0 Å². The second kappa shape index (κ2) is 11.2. The first kappa shape index (κ1) is 25.9. The van der Waals surface area contributed by atoms with Crippen LogP contribution in [0.25, 0.3) is 11.0 Å². The fraction of sp³-hybridized carbons (Fsp3) is 0.115. The van der Waals surface area contributed by atoms with Gasteiger partial charge in [0.05, 0.1) is 22.4 Å². The van der Waals surface area contributed by atoms with Gasteiger partial charge in [0.1, 0.15) is 11.8 Å². The molecule has 3 aromatic carbocycles. The SMILES string of the molecule is CC(=O)Nc1ccc(C(O)C(=NNC(=O)Cc2ccccc2)c2nc3ccc([N+](=O)[O-])cc3[nH]c2=O)cc1. The number of non-ortho nitro benzene ring substituents is 1. The molecule has 0 radical (unpaired) electrons. The average molecular weight is 514 g/mol. The number of nitrogens with one attached hydrogen (secondary N) is 3. The maximum atomic E-state index is 13.0. The number of hydrogen-bond acceptors (Lipinski definition) is 8. The smallest absolute Gasteiger partial charge is 0.276 e. The van der Waals surface area contributed by atoms with Gasteiger partial charge in [-0.1, -0.05) is 42.5 Å². The molecule has 0 fully saturated rings. The average Bonchev–Trinajstić information content (AvgIpc) is 2.89. The van der Waals surface area contributed by atoms with Gasteiger partial charge >= 0.3 is 0 Å². The fourth-order valence-corrected chi connectivity index (χ4v) is 3.66. The number of aromatic nitrogens is 2. The number of nitrogens with zero attached hydrogens (tertiary/aromatic N) is 3. The molecule has 4 rings (SSSR count). The van der Waals surface area contributed by atoms with Crippen molar-refractivity contribution in [3.63, 3.8) is 0 Å². The van der Waals surface area contributed by atoms with E-state index in [9.17, 15) is 29.6 Å². The van der Waals surface area contributed by atoms with Crippen LogP contribution in [0.1, 0.15) is 29.8 Å². The number of fused-ring (bicyclic) bond motifs is 1. The number of hydrogen-bond donors (Lipinski definition) is 4. The molecule has 0 saturated carbocycles. The molecule has 2 amide bonds. The van der Waals surface area contributed by atoms with Gasteiger partial charge < -0.3 is 15.4 Å². The molecule has 12 heteroatoms. The van der Waals surface area contributed by atoms with Crippen LogP contribution >= 0.6 is 0 Å². The summed E-state index contributed by atoms with van der Waals surface area (Å²) in [4.78, 5) is 54.1. The van der Waals surface area contributed by atoms with Crippen molar-refractivity contribution in [2.45, 2.75) is 19.4 Å². The Bertz CT molecular complexity index is 1600. The molecule has 0 aliphatic carbocycles. The molecule has 0 spiro atoms. The molecule has 1 heterocycles. The summed E-state index contributed by atoms with van der Waals surface area (Å²) in [7, 11) is 0. The monoisotopic (exact) mass is 514 g/mol. The molecule has 0 aliphatic rings. The first-order valence-electron chi connectivity index (χ1n) is 11.4. The third-order valence-corrected chi connectivity index (χ3v) is 5.44. The van der Waals surface area contributed by atoms with Crippen LogP contribution in [0.4, 0.5) is 11.4 Å². The van der Waals surface area contributed by atoms with Crippen molar-refractivity contribution in [3.05, 3.63) is 110 Å². The summed E-state index contributed by atoms with van der Waals surface area (Å²) in [6, 6.07) is 18.8. The summed E-state index contributed by atoms with van der Waals surface area (Å²) in [5, 5.41) is 28.9. The van der Waals surface area contributed by atoms with E-state index >= 15 is 0 Å². The normalized spacial score (nSPS) is 12.1. The number of anilines is 1. The van der Waals surface area contributed by atoms with Crippen LogP contribution in [0, 0.1) is 10.1 Å². The van der Waals surface area contributed by atoms with E-state index in [4.69, 9.17) is 0 Å². The number of hydrazone groups is 1. The minimum atomic E-state index is -1.50. The van der Waals surface area contributed by atoms with E-state index in [1.54, 1.807) is 36.4 Å². The Morgan fingerprint density at radius 1 is 1.11 bits per heavy atom. The molecule has 0 saturated heterocycles. The Labute approximate surface area is 215 Å². The van der Waals surface area contributed by atoms with Gasteiger partial charge in [0, 0.05) is 24.7 Å². The topological polar surface area (TPSA) is 180 Å². The summed E-state index contributed by atoms with van der Waals surface area (Å²) in [6.07, 6.45) is -1.49. The van der Waals surface area contributed by atoms with E-state index in [0.717, 1.165) is 5.56 Å². The maximum absolute atomic E-state index is 13.0. The number of carbonyl (C=O) groups is 2. The van der Waals surface area contributed by atoms with Crippen molar-refractivity contribution in [1.29, 1.82) is 0 Å². The molecular formula is C26H22N6O6. The van der Waals surface area contributed by atoms with Crippen molar-refractivity contribution >= 4 is 39.9 Å². The van der Waals surface area contributed by atoms with Gasteiger partial charge in [-0.3, -0.25) is 24.5 Å². The Morgan fingerprint density at radius 2 is 1.82 bits per heavy atom. The molecule has 1 unspecified atom stereocenters. The van der Waals surface area contributed by atoms with Crippen molar-refractivity contribution in [1.82, 2.24) is 15.4 Å². The molecule has 38 heavy (non-hydrogen) atoms. The van der Waals surface area contributed by atoms with E-state index in [2.05, 4.69) is 25.8 Å². The van der Waals surface area contributed by atoms with Crippen LogP contribution in [-0.2, 0) is 16.0 Å². The maximum Gasteiger partial charge on any atom is 0.276 e. The molecular weight excluding hydrogens is 492 g/mol. The lowest BCUT2D eigenvalue weighted by atomic mass is 10.0. The van der Waals surface area contributed by atoms with Gasteiger partial charge in [0.2, 0.25) is 11.8 Å².